The highest BCUT2D eigenvalue weighted by Crippen LogP contribution is 2.32. The molecule has 2 rings (SSSR count). The zero-order valence-electron chi connectivity index (χ0n) is 11.6. The molecule has 0 aliphatic carbocycles. The van der Waals surface area contributed by atoms with Gasteiger partial charge in [-0.15, -0.1) is 0 Å². The molecule has 0 saturated carbocycles. The Hall–Kier alpha value is -0.830. The van der Waals surface area contributed by atoms with Crippen molar-refractivity contribution in [2.75, 3.05) is 6.54 Å². The van der Waals surface area contributed by atoms with Crippen LogP contribution in [0.25, 0.3) is 0 Å². The van der Waals surface area contributed by atoms with Gasteiger partial charge >= 0.3 is 0 Å². The Morgan fingerprint density at radius 1 is 1.53 bits per heavy atom. The largest absolute Gasteiger partial charge is 0.311 e. The van der Waals surface area contributed by atoms with E-state index in [1.54, 1.807) is 0 Å². The molecule has 1 N–H and O–H groups in total. The molecular formula is C14H25N3. The van der Waals surface area contributed by atoms with Gasteiger partial charge in [0.05, 0.1) is 5.69 Å². The number of aryl methyl sites for hydroxylation is 2. The standard InChI is InChI=1S/C14H25N3/c1-5-13-12(10-17(4)16-13)9-14(11(2)3)7-6-8-15-14/h10-11,15H,5-9H2,1-4H3. The fourth-order valence-corrected chi connectivity index (χ4v) is 3.05. The first-order valence-electron chi connectivity index (χ1n) is 6.84. The Bertz CT molecular complexity index is 373. The van der Waals surface area contributed by atoms with Crippen LogP contribution < -0.4 is 5.32 Å². The summed E-state index contributed by atoms with van der Waals surface area (Å²) in [4.78, 5) is 0. The maximum Gasteiger partial charge on any atom is 0.0654 e. The fourth-order valence-electron chi connectivity index (χ4n) is 3.05. The summed E-state index contributed by atoms with van der Waals surface area (Å²) in [6.45, 7) is 8.02. The molecule has 1 fully saturated rings. The van der Waals surface area contributed by atoms with E-state index < -0.39 is 0 Å². The van der Waals surface area contributed by atoms with Crippen molar-refractivity contribution in [2.45, 2.75) is 52.0 Å². The van der Waals surface area contributed by atoms with Crippen LogP contribution in [0.1, 0.15) is 44.9 Å². The molecule has 2 heterocycles. The van der Waals surface area contributed by atoms with E-state index in [0.29, 0.717) is 11.5 Å². The minimum Gasteiger partial charge on any atom is -0.311 e. The quantitative estimate of drug-likeness (QED) is 0.868. The van der Waals surface area contributed by atoms with Crippen LogP contribution >= 0.6 is 0 Å². The van der Waals surface area contributed by atoms with E-state index in [1.807, 2.05) is 11.7 Å². The van der Waals surface area contributed by atoms with Gasteiger partial charge in [0.2, 0.25) is 0 Å². The highest BCUT2D eigenvalue weighted by Gasteiger charge is 2.37. The lowest BCUT2D eigenvalue weighted by Crippen LogP contribution is -2.46. The van der Waals surface area contributed by atoms with Crippen molar-refractivity contribution in [1.82, 2.24) is 15.1 Å². The van der Waals surface area contributed by atoms with E-state index >= 15 is 0 Å². The summed E-state index contributed by atoms with van der Waals surface area (Å²) in [5, 5.41) is 8.29. The number of hydrogen-bond acceptors (Lipinski definition) is 2. The Kier molecular flexibility index (Phi) is 3.57. The van der Waals surface area contributed by atoms with Gasteiger partial charge in [0.1, 0.15) is 0 Å². The summed E-state index contributed by atoms with van der Waals surface area (Å²) in [6, 6.07) is 0. The van der Waals surface area contributed by atoms with E-state index in [-0.39, 0.29) is 0 Å². The second-order valence-corrected chi connectivity index (χ2v) is 5.65. The second kappa shape index (κ2) is 4.81. The molecule has 17 heavy (non-hydrogen) atoms. The summed E-state index contributed by atoms with van der Waals surface area (Å²) in [7, 11) is 2.02. The molecule has 1 unspecified atom stereocenters. The molecule has 1 saturated heterocycles. The smallest absolute Gasteiger partial charge is 0.0654 e. The number of nitrogens with one attached hydrogen (secondary N) is 1. The van der Waals surface area contributed by atoms with Crippen molar-refractivity contribution in [3.8, 4) is 0 Å². The monoisotopic (exact) mass is 235 g/mol. The van der Waals surface area contributed by atoms with Crippen LogP contribution in [0.2, 0.25) is 0 Å². The lowest BCUT2D eigenvalue weighted by molar-refractivity contribution is 0.269. The Labute approximate surface area is 105 Å². The maximum absolute atomic E-state index is 4.55. The van der Waals surface area contributed by atoms with Crippen LogP contribution in [0.5, 0.6) is 0 Å². The SMILES string of the molecule is CCc1nn(C)cc1CC1(C(C)C)CCCN1. The molecule has 0 aromatic carbocycles. The molecule has 3 heteroatoms. The lowest BCUT2D eigenvalue weighted by Gasteiger charge is -2.34. The van der Waals surface area contributed by atoms with E-state index in [1.165, 1.54) is 30.6 Å². The first kappa shape index (κ1) is 12.6. The second-order valence-electron chi connectivity index (χ2n) is 5.65. The average Bonchev–Trinajstić information content (AvgIpc) is 2.86. The Morgan fingerprint density at radius 3 is 2.82 bits per heavy atom. The van der Waals surface area contributed by atoms with Crippen molar-refractivity contribution < 1.29 is 0 Å². The topological polar surface area (TPSA) is 29.9 Å². The van der Waals surface area contributed by atoms with E-state index in [2.05, 4.69) is 37.4 Å². The summed E-state index contributed by atoms with van der Waals surface area (Å²) in [6.07, 6.45) is 6.96. The number of hydrogen-bond donors (Lipinski definition) is 1. The van der Waals surface area contributed by atoms with Crippen molar-refractivity contribution >= 4 is 0 Å². The highest BCUT2D eigenvalue weighted by molar-refractivity contribution is 5.21. The summed E-state index contributed by atoms with van der Waals surface area (Å²) in [5.41, 5.74) is 2.99. The van der Waals surface area contributed by atoms with Gasteiger partial charge < -0.3 is 5.32 Å². The summed E-state index contributed by atoms with van der Waals surface area (Å²) >= 11 is 0. The fraction of sp³-hybridized carbons (Fsp3) is 0.786. The van der Waals surface area contributed by atoms with Crippen LogP contribution in [0, 0.1) is 5.92 Å². The maximum atomic E-state index is 4.55. The van der Waals surface area contributed by atoms with E-state index in [0.717, 1.165) is 12.8 Å². The van der Waals surface area contributed by atoms with Gasteiger partial charge in [-0.1, -0.05) is 20.8 Å². The molecule has 1 atom stereocenters. The molecule has 1 aliphatic heterocycles. The average molecular weight is 235 g/mol. The number of nitrogens with zero attached hydrogens (tertiary/aromatic N) is 2. The Balaban J connectivity index is 2.23. The van der Waals surface area contributed by atoms with Gasteiger partial charge in [0.25, 0.3) is 0 Å². The summed E-state index contributed by atoms with van der Waals surface area (Å²) in [5.74, 6) is 0.676. The minimum atomic E-state index is 0.299. The van der Waals surface area contributed by atoms with Gasteiger partial charge in [-0.05, 0) is 43.7 Å². The molecule has 96 valence electrons. The first-order valence-corrected chi connectivity index (χ1v) is 6.84. The van der Waals surface area contributed by atoms with Crippen molar-refractivity contribution in [1.29, 1.82) is 0 Å². The summed E-state index contributed by atoms with van der Waals surface area (Å²) < 4.78 is 1.96. The molecule has 0 spiro atoms. The zero-order chi connectivity index (χ0) is 12.5. The third kappa shape index (κ3) is 2.39. The molecule has 0 amide bonds. The van der Waals surface area contributed by atoms with Crippen LogP contribution in [-0.2, 0) is 19.9 Å². The molecule has 1 aromatic rings. The molecule has 1 aliphatic rings. The van der Waals surface area contributed by atoms with Gasteiger partial charge in [-0.25, -0.2) is 0 Å². The molecule has 1 aromatic heterocycles. The lowest BCUT2D eigenvalue weighted by atomic mass is 9.79. The van der Waals surface area contributed by atoms with Crippen LogP contribution in [-0.4, -0.2) is 21.9 Å². The first-order chi connectivity index (χ1) is 8.07. The van der Waals surface area contributed by atoms with Crippen LogP contribution in [0.3, 0.4) is 0 Å². The minimum absolute atomic E-state index is 0.299. The predicted octanol–water partition coefficient (Wildman–Crippen LogP) is 2.30. The van der Waals surface area contributed by atoms with E-state index in [4.69, 9.17) is 0 Å². The van der Waals surface area contributed by atoms with E-state index in [9.17, 15) is 0 Å². The van der Waals surface area contributed by atoms with Crippen LogP contribution in [0.4, 0.5) is 0 Å². The molecule has 0 radical (unpaired) electrons. The molecule has 0 bridgehead atoms. The zero-order valence-corrected chi connectivity index (χ0v) is 11.6. The van der Waals surface area contributed by atoms with Crippen molar-refractivity contribution in [3.05, 3.63) is 17.5 Å². The van der Waals surface area contributed by atoms with Gasteiger partial charge in [-0.2, -0.15) is 5.10 Å². The third-order valence-electron chi connectivity index (χ3n) is 4.21. The van der Waals surface area contributed by atoms with Gasteiger partial charge in [0, 0.05) is 18.8 Å². The van der Waals surface area contributed by atoms with Gasteiger partial charge in [0.15, 0.2) is 0 Å². The van der Waals surface area contributed by atoms with Crippen molar-refractivity contribution in [3.63, 3.8) is 0 Å². The third-order valence-corrected chi connectivity index (χ3v) is 4.21. The molecular weight excluding hydrogens is 210 g/mol. The van der Waals surface area contributed by atoms with Crippen LogP contribution in [0.15, 0.2) is 6.20 Å². The predicted molar refractivity (Wildman–Crippen MR) is 71.1 cm³/mol. The van der Waals surface area contributed by atoms with Crippen molar-refractivity contribution in [2.24, 2.45) is 13.0 Å². The number of rotatable bonds is 4. The normalized spacial score (nSPS) is 24.8. The number of aromatic nitrogens is 2. The molecule has 3 nitrogen and oxygen atoms in total. The van der Waals surface area contributed by atoms with Gasteiger partial charge in [-0.3, -0.25) is 4.68 Å². The Morgan fingerprint density at radius 2 is 2.29 bits per heavy atom. The highest BCUT2D eigenvalue weighted by atomic mass is 15.3.